The lowest BCUT2D eigenvalue weighted by atomic mass is 9.83. The maximum atomic E-state index is 12.2. The normalized spacial score (nSPS) is 17.2. The van der Waals surface area contributed by atoms with E-state index < -0.39 is 0 Å². The standard InChI is InChI=1S/C15H20INO2/c1-15(2,12-7-9-17-10-8-12)19-14(18)11-3-5-13(16)6-4-11/h3-6,12,17H,7-10H2,1-2H3/p+1. The van der Waals surface area contributed by atoms with Gasteiger partial charge in [0.2, 0.25) is 0 Å². The van der Waals surface area contributed by atoms with Gasteiger partial charge < -0.3 is 10.1 Å². The minimum atomic E-state index is -0.381. The van der Waals surface area contributed by atoms with E-state index in [1.165, 1.54) is 0 Å². The minimum absolute atomic E-state index is 0.212. The second-order valence-corrected chi connectivity index (χ2v) is 6.89. The second-order valence-electron chi connectivity index (χ2n) is 5.64. The first-order valence-corrected chi connectivity index (χ1v) is 7.87. The zero-order valence-corrected chi connectivity index (χ0v) is 13.6. The molecule has 0 aliphatic carbocycles. The van der Waals surface area contributed by atoms with Crippen molar-refractivity contribution in [2.45, 2.75) is 32.3 Å². The Hall–Kier alpha value is -0.620. The van der Waals surface area contributed by atoms with Crippen LogP contribution in [0.25, 0.3) is 0 Å². The first-order chi connectivity index (χ1) is 8.99. The van der Waals surface area contributed by atoms with Gasteiger partial charge in [-0.15, -0.1) is 0 Å². The number of carbonyl (C=O) groups is 1. The van der Waals surface area contributed by atoms with Crippen molar-refractivity contribution in [2.24, 2.45) is 5.92 Å². The Kier molecular flexibility index (Phi) is 4.84. The van der Waals surface area contributed by atoms with E-state index in [2.05, 4.69) is 27.9 Å². The van der Waals surface area contributed by atoms with Gasteiger partial charge in [-0.1, -0.05) is 0 Å². The Bertz CT molecular complexity index is 436. The van der Waals surface area contributed by atoms with Crippen LogP contribution in [0.2, 0.25) is 0 Å². The van der Waals surface area contributed by atoms with Crippen LogP contribution < -0.4 is 5.32 Å². The summed E-state index contributed by atoms with van der Waals surface area (Å²) in [6, 6.07) is 7.52. The van der Waals surface area contributed by atoms with E-state index in [0.29, 0.717) is 11.5 Å². The molecule has 0 unspecified atom stereocenters. The number of hydrogen-bond acceptors (Lipinski definition) is 2. The zero-order valence-electron chi connectivity index (χ0n) is 11.5. The lowest BCUT2D eigenvalue weighted by Gasteiger charge is -2.35. The van der Waals surface area contributed by atoms with Crippen molar-refractivity contribution in [1.82, 2.24) is 0 Å². The van der Waals surface area contributed by atoms with Crippen LogP contribution in [0.5, 0.6) is 0 Å². The average Bonchev–Trinajstić information content (AvgIpc) is 2.40. The molecule has 1 fully saturated rings. The van der Waals surface area contributed by atoms with Crippen LogP contribution in [0.15, 0.2) is 24.3 Å². The van der Waals surface area contributed by atoms with E-state index >= 15 is 0 Å². The number of esters is 1. The molecule has 19 heavy (non-hydrogen) atoms. The van der Waals surface area contributed by atoms with Crippen LogP contribution in [0.1, 0.15) is 37.0 Å². The molecule has 2 rings (SSSR count). The molecule has 1 aliphatic heterocycles. The largest absolute Gasteiger partial charge is 0.456 e. The quantitative estimate of drug-likeness (QED) is 0.651. The molecule has 3 nitrogen and oxygen atoms in total. The van der Waals surface area contributed by atoms with Crippen LogP contribution in [-0.2, 0) is 4.74 Å². The summed E-state index contributed by atoms with van der Waals surface area (Å²) in [4.78, 5) is 12.2. The second kappa shape index (κ2) is 6.22. The van der Waals surface area contributed by atoms with Crippen molar-refractivity contribution in [3.05, 3.63) is 33.4 Å². The van der Waals surface area contributed by atoms with E-state index in [-0.39, 0.29) is 11.6 Å². The van der Waals surface area contributed by atoms with Crippen LogP contribution in [-0.4, -0.2) is 24.7 Å². The lowest BCUT2D eigenvalue weighted by Crippen LogP contribution is -2.86. The van der Waals surface area contributed by atoms with E-state index in [4.69, 9.17) is 4.74 Å². The Morgan fingerprint density at radius 1 is 1.26 bits per heavy atom. The maximum Gasteiger partial charge on any atom is 0.338 e. The molecule has 0 bridgehead atoms. The summed E-state index contributed by atoms with van der Waals surface area (Å²) in [7, 11) is 0. The summed E-state index contributed by atoms with van der Waals surface area (Å²) >= 11 is 2.23. The first-order valence-electron chi connectivity index (χ1n) is 6.79. The zero-order chi connectivity index (χ0) is 13.9. The van der Waals surface area contributed by atoms with Crippen LogP contribution in [0.3, 0.4) is 0 Å². The number of piperidine rings is 1. The van der Waals surface area contributed by atoms with Crippen LogP contribution in [0, 0.1) is 9.49 Å². The molecule has 0 atom stereocenters. The topological polar surface area (TPSA) is 42.9 Å². The highest BCUT2D eigenvalue weighted by Gasteiger charge is 2.35. The van der Waals surface area contributed by atoms with Crippen molar-refractivity contribution in [3.8, 4) is 0 Å². The van der Waals surface area contributed by atoms with Crippen molar-refractivity contribution in [2.75, 3.05) is 13.1 Å². The number of quaternary nitrogens is 1. The third-order valence-corrected chi connectivity index (χ3v) is 4.58. The van der Waals surface area contributed by atoms with Crippen molar-refractivity contribution in [3.63, 3.8) is 0 Å². The van der Waals surface area contributed by atoms with Gasteiger partial charge in [-0.25, -0.2) is 4.79 Å². The van der Waals surface area contributed by atoms with Gasteiger partial charge in [-0.05, 0) is 60.7 Å². The molecule has 0 saturated carbocycles. The number of benzene rings is 1. The number of ether oxygens (including phenoxy) is 1. The Labute approximate surface area is 128 Å². The molecule has 1 aromatic carbocycles. The smallest absolute Gasteiger partial charge is 0.338 e. The third-order valence-electron chi connectivity index (χ3n) is 3.86. The van der Waals surface area contributed by atoms with Crippen molar-refractivity contribution in [1.29, 1.82) is 0 Å². The van der Waals surface area contributed by atoms with Gasteiger partial charge in [0.15, 0.2) is 0 Å². The van der Waals surface area contributed by atoms with Gasteiger partial charge in [-0.3, -0.25) is 0 Å². The lowest BCUT2D eigenvalue weighted by molar-refractivity contribution is -0.665. The minimum Gasteiger partial charge on any atom is -0.456 e. The van der Waals surface area contributed by atoms with Crippen molar-refractivity contribution < 1.29 is 14.8 Å². The molecule has 0 aromatic heterocycles. The van der Waals surface area contributed by atoms with Crippen LogP contribution in [0.4, 0.5) is 0 Å². The molecule has 1 saturated heterocycles. The summed E-state index contributed by atoms with van der Waals surface area (Å²) in [5, 5.41) is 2.33. The van der Waals surface area contributed by atoms with Gasteiger partial charge in [0.25, 0.3) is 0 Å². The van der Waals surface area contributed by atoms with Gasteiger partial charge in [-0.2, -0.15) is 0 Å². The molecule has 0 spiro atoms. The molecule has 0 amide bonds. The Morgan fingerprint density at radius 2 is 1.84 bits per heavy atom. The molecule has 1 heterocycles. The summed E-state index contributed by atoms with van der Waals surface area (Å²) in [5.74, 6) is 0.251. The summed E-state index contributed by atoms with van der Waals surface area (Å²) in [5.41, 5.74) is 0.254. The van der Waals surface area contributed by atoms with Crippen molar-refractivity contribution >= 4 is 28.6 Å². The molecule has 2 N–H and O–H groups in total. The monoisotopic (exact) mass is 374 g/mol. The molecule has 0 radical (unpaired) electrons. The number of rotatable bonds is 3. The molecule has 104 valence electrons. The van der Waals surface area contributed by atoms with E-state index in [1.54, 1.807) is 0 Å². The molecular weight excluding hydrogens is 353 g/mol. The Morgan fingerprint density at radius 3 is 2.42 bits per heavy atom. The average molecular weight is 374 g/mol. The third kappa shape index (κ3) is 3.92. The highest BCUT2D eigenvalue weighted by molar-refractivity contribution is 14.1. The molecule has 4 heteroatoms. The summed E-state index contributed by atoms with van der Waals surface area (Å²) < 4.78 is 6.87. The summed E-state index contributed by atoms with van der Waals surface area (Å²) in [6.07, 6.45) is 2.24. The predicted octanol–water partition coefficient (Wildman–Crippen LogP) is 2.20. The number of halogens is 1. The molecular formula is C15H21INO2+. The van der Waals surface area contributed by atoms with Gasteiger partial charge >= 0.3 is 5.97 Å². The number of nitrogens with two attached hydrogens (primary N) is 1. The van der Waals surface area contributed by atoms with E-state index in [0.717, 1.165) is 29.5 Å². The van der Waals surface area contributed by atoms with Gasteiger partial charge in [0, 0.05) is 22.3 Å². The van der Waals surface area contributed by atoms with E-state index in [9.17, 15) is 4.79 Å². The Balaban J connectivity index is 2.02. The summed E-state index contributed by atoms with van der Waals surface area (Å²) in [6.45, 7) is 6.34. The van der Waals surface area contributed by atoms with Gasteiger partial charge in [0.05, 0.1) is 18.7 Å². The maximum absolute atomic E-state index is 12.2. The predicted molar refractivity (Wildman–Crippen MR) is 83.0 cm³/mol. The number of carbonyl (C=O) groups excluding carboxylic acids is 1. The first kappa shape index (κ1) is 14.8. The van der Waals surface area contributed by atoms with Crippen LogP contribution >= 0.6 is 22.6 Å². The fourth-order valence-electron chi connectivity index (χ4n) is 2.59. The fourth-order valence-corrected chi connectivity index (χ4v) is 2.95. The molecule has 1 aromatic rings. The molecule has 1 aliphatic rings. The number of hydrogen-bond donors (Lipinski definition) is 1. The van der Waals surface area contributed by atoms with E-state index in [1.807, 2.05) is 38.1 Å². The highest BCUT2D eigenvalue weighted by atomic mass is 127. The van der Waals surface area contributed by atoms with Gasteiger partial charge in [0.1, 0.15) is 5.60 Å². The SMILES string of the molecule is CC(C)(OC(=O)c1ccc(I)cc1)C1CC[NH2+]CC1. The highest BCUT2D eigenvalue weighted by Crippen LogP contribution is 2.28. The fraction of sp³-hybridized carbons (Fsp3) is 0.533.